The van der Waals surface area contributed by atoms with Crippen LogP contribution in [0.1, 0.15) is 37.7 Å². The van der Waals surface area contributed by atoms with Gasteiger partial charge in [-0.25, -0.2) is 9.18 Å². The van der Waals surface area contributed by atoms with Gasteiger partial charge in [-0.2, -0.15) is 0 Å². The molecule has 0 aliphatic heterocycles. The zero-order valence-corrected chi connectivity index (χ0v) is 16.7. The number of carbonyl (C=O) groups is 2. The van der Waals surface area contributed by atoms with E-state index >= 15 is 0 Å². The molecule has 8 heteroatoms. The molecule has 0 saturated heterocycles. The lowest BCUT2D eigenvalue weighted by Crippen LogP contribution is -2.15. The number of ketones is 1. The van der Waals surface area contributed by atoms with Crippen molar-refractivity contribution in [2.45, 2.75) is 20.5 Å². The van der Waals surface area contributed by atoms with Crippen molar-refractivity contribution in [1.29, 1.82) is 0 Å². The minimum atomic E-state index is -0.707. The Morgan fingerprint density at radius 2 is 1.93 bits per heavy atom. The second-order valence-corrected chi connectivity index (χ2v) is 6.46. The largest absolute Gasteiger partial charge is 0.496 e. The van der Waals surface area contributed by atoms with Crippen LogP contribution in [-0.2, 0) is 11.3 Å². The Hall–Kier alpha value is -3.68. The molecule has 1 aromatic heterocycles. The maximum absolute atomic E-state index is 13.4. The molecule has 30 heavy (non-hydrogen) atoms. The van der Waals surface area contributed by atoms with E-state index in [1.165, 1.54) is 25.3 Å². The van der Waals surface area contributed by atoms with Gasteiger partial charge in [0.25, 0.3) is 0 Å². The van der Waals surface area contributed by atoms with Crippen LogP contribution in [0.2, 0.25) is 0 Å². The molecule has 3 rings (SSSR count). The second kappa shape index (κ2) is 9.21. The third kappa shape index (κ3) is 4.83. The first-order chi connectivity index (χ1) is 14.4. The summed E-state index contributed by atoms with van der Waals surface area (Å²) in [6.45, 7) is 3.28. The van der Waals surface area contributed by atoms with E-state index in [1.807, 2.05) is 6.92 Å². The summed E-state index contributed by atoms with van der Waals surface area (Å²) < 4.78 is 34.4. The highest BCUT2D eigenvalue weighted by atomic mass is 19.1. The third-order valence-electron chi connectivity index (χ3n) is 4.43. The molecule has 0 aliphatic rings. The number of aryl methyl sites for hydroxylation is 2. The summed E-state index contributed by atoms with van der Waals surface area (Å²) >= 11 is 0. The first kappa shape index (κ1) is 21.0. The number of nitrogens with zero attached hydrogens (tertiary/aromatic N) is 1. The molecule has 1 heterocycles. The van der Waals surface area contributed by atoms with E-state index < -0.39 is 24.2 Å². The lowest BCUT2D eigenvalue weighted by Gasteiger charge is -2.10. The average Bonchev–Trinajstić information content (AvgIpc) is 3.07. The lowest BCUT2D eigenvalue weighted by atomic mass is 10.1. The Morgan fingerprint density at radius 1 is 1.13 bits per heavy atom. The van der Waals surface area contributed by atoms with Gasteiger partial charge in [-0.3, -0.25) is 4.79 Å². The van der Waals surface area contributed by atoms with Gasteiger partial charge in [-0.1, -0.05) is 11.2 Å². The summed E-state index contributed by atoms with van der Waals surface area (Å²) in [5.41, 5.74) is 1.78. The molecule has 3 aromatic rings. The quantitative estimate of drug-likeness (QED) is 0.406. The Morgan fingerprint density at radius 3 is 2.63 bits per heavy atom. The summed E-state index contributed by atoms with van der Waals surface area (Å²) in [6.07, 6.45) is 0. The van der Waals surface area contributed by atoms with Crippen LogP contribution < -0.4 is 9.47 Å². The Labute approximate surface area is 172 Å². The SMILES string of the molecule is COc1ccc(F)cc1C(=O)COC(=O)c1cccc(OCc2c(C)noc2C)c1. The fourth-order valence-electron chi connectivity index (χ4n) is 2.77. The topological polar surface area (TPSA) is 87.9 Å². The molecule has 0 radical (unpaired) electrons. The predicted molar refractivity (Wildman–Crippen MR) is 104 cm³/mol. The van der Waals surface area contributed by atoms with E-state index in [4.69, 9.17) is 18.7 Å². The van der Waals surface area contributed by atoms with Gasteiger partial charge in [0.15, 0.2) is 6.61 Å². The van der Waals surface area contributed by atoms with Crippen molar-refractivity contribution in [3.63, 3.8) is 0 Å². The van der Waals surface area contributed by atoms with Crippen LogP contribution in [0.4, 0.5) is 4.39 Å². The average molecular weight is 413 g/mol. The number of hydrogen-bond donors (Lipinski definition) is 0. The maximum atomic E-state index is 13.4. The number of Topliss-reactive ketones (excluding diaryl/α,β-unsaturated/α-hetero) is 1. The van der Waals surface area contributed by atoms with Crippen molar-refractivity contribution in [2.24, 2.45) is 0 Å². The van der Waals surface area contributed by atoms with E-state index in [-0.39, 0.29) is 23.5 Å². The van der Waals surface area contributed by atoms with Gasteiger partial charge >= 0.3 is 5.97 Å². The van der Waals surface area contributed by atoms with Gasteiger partial charge in [0, 0.05) is 0 Å². The molecule has 0 saturated carbocycles. The van der Waals surface area contributed by atoms with E-state index in [0.29, 0.717) is 11.5 Å². The first-order valence-corrected chi connectivity index (χ1v) is 9.07. The molecule has 0 fully saturated rings. The molecule has 0 amide bonds. The number of halogens is 1. The molecule has 0 bridgehead atoms. The van der Waals surface area contributed by atoms with E-state index in [9.17, 15) is 14.0 Å². The molecule has 0 aliphatic carbocycles. The van der Waals surface area contributed by atoms with E-state index in [2.05, 4.69) is 5.16 Å². The molecule has 7 nitrogen and oxygen atoms in total. The zero-order chi connectivity index (χ0) is 21.7. The number of methoxy groups -OCH3 is 1. The highest BCUT2D eigenvalue weighted by Crippen LogP contribution is 2.21. The predicted octanol–water partition coefficient (Wildman–Crippen LogP) is 4.06. The van der Waals surface area contributed by atoms with Crippen molar-refractivity contribution in [3.8, 4) is 11.5 Å². The normalized spacial score (nSPS) is 10.5. The smallest absolute Gasteiger partial charge is 0.338 e. The Kier molecular flexibility index (Phi) is 6.46. The number of benzene rings is 2. The van der Waals surface area contributed by atoms with E-state index in [1.54, 1.807) is 25.1 Å². The number of hydrogen-bond acceptors (Lipinski definition) is 7. The van der Waals surface area contributed by atoms with Crippen LogP contribution in [0.3, 0.4) is 0 Å². The third-order valence-corrected chi connectivity index (χ3v) is 4.43. The van der Waals surface area contributed by atoms with Gasteiger partial charge in [0.05, 0.1) is 29.5 Å². The second-order valence-electron chi connectivity index (χ2n) is 6.46. The zero-order valence-electron chi connectivity index (χ0n) is 16.7. The molecule has 0 unspecified atom stereocenters. The number of rotatable bonds is 8. The van der Waals surface area contributed by atoms with Crippen LogP contribution in [0, 0.1) is 19.7 Å². The molecule has 0 N–H and O–H groups in total. The summed E-state index contributed by atoms with van der Waals surface area (Å²) in [7, 11) is 1.37. The Bertz CT molecular complexity index is 1060. The molecular weight excluding hydrogens is 393 g/mol. The standard InChI is InChI=1S/C22H20FNO6/c1-13-19(14(2)30-24-13)11-28-17-6-4-5-15(9-17)22(26)29-12-20(25)18-10-16(23)7-8-21(18)27-3/h4-10H,11-12H2,1-3H3. The first-order valence-electron chi connectivity index (χ1n) is 9.07. The monoisotopic (exact) mass is 413 g/mol. The molecular formula is C22H20FNO6. The highest BCUT2D eigenvalue weighted by molar-refractivity contribution is 6.01. The lowest BCUT2D eigenvalue weighted by molar-refractivity contribution is 0.0473. The fourth-order valence-corrected chi connectivity index (χ4v) is 2.77. The van der Waals surface area contributed by atoms with Crippen molar-refractivity contribution < 1.29 is 32.7 Å². The van der Waals surface area contributed by atoms with Crippen molar-refractivity contribution >= 4 is 11.8 Å². The van der Waals surface area contributed by atoms with Crippen LogP contribution in [0.15, 0.2) is 47.0 Å². The van der Waals surface area contributed by atoms with Crippen LogP contribution in [0.5, 0.6) is 11.5 Å². The summed E-state index contributed by atoms with van der Waals surface area (Å²) in [6, 6.07) is 9.93. The minimum Gasteiger partial charge on any atom is -0.496 e. The number of esters is 1. The summed E-state index contributed by atoms with van der Waals surface area (Å²) in [5.74, 6) is -0.565. The van der Waals surface area contributed by atoms with Crippen LogP contribution in [0.25, 0.3) is 0 Å². The molecule has 156 valence electrons. The van der Waals surface area contributed by atoms with Gasteiger partial charge < -0.3 is 18.7 Å². The summed E-state index contributed by atoms with van der Waals surface area (Å²) in [4.78, 5) is 24.6. The summed E-state index contributed by atoms with van der Waals surface area (Å²) in [5, 5.41) is 3.86. The molecule has 0 spiro atoms. The number of ether oxygens (including phenoxy) is 3. The fraction of sp³-hybridized carbons (Fsp3) is 0.227. The van der Waals surface area contributed by atoms with Crippen LogP contribution >= 0.6 is 0 Å². The van der Waals surface area contributed by atoms with Crippen molar-refractivity contribution in [1.82, 2.24) is 5.16 Å². The van der Waals surface area contributed by atoms with Crippen LogP contribution in [-0.4, -0.2) is 30.6 Å². The van der Waals surface area contributed by atoms with Crippen molar-refractivity contribution in [3.05, 3.63) is 76.4 Å². The van der Waals surface area contributed by atoms with Crippen molar-refractivity contribution in [2.75, 3.05) is 13.7 Å². The van der Waals surface area contributed by atoms with Gasteiger partial charge in [0.2, 0.25) is 5.78 Å². The number of carbonyl (C=O) groups excluding carboxylic acids is 2. The molecule has 0 atom stereocenters. The maximum Gasteiger partial charge on any atom is 0.338 e. The number of aromatic nitrogens is 1. The van der Waals surface area contributed by atoms with Gasteiger partial charge in [-0.05, 0) is 50.2 Å². The van der Waals surface area contributed by atoms with Gasteiger partial charge in [0.1, 0.15) is 29.7 Å². The Balaban J connectivity index is 1.63. The molecule has 2 aromatic carbocycles. The van der Waals surface area contributed by atoms with E-state index in [0.717, 1.165) is 17.3 Å². The minimum absolute atomic E-state index is 0.00171. The highest BCUT2D eigenvalue weighted by Gasteiger charge is 2.17. The van der Waals surface area contributed by atoms with Gasteiger partial charge in [-0.15, -0.1) is 0 Å².